The number of aliphatic hydroxyl groups excluding tert-OH is 10. The number of aliphatic hydroxyl groups is 10. The van der Waals surface area contributed by atoms with E-state index in [1.54, 1.807) is 0 Å². The normalized spacial score (nSPS) is 26.6. The lowest BCUT2D eigenvalue weighted by atomic mass is 9.97. The number of carbonyl (C=O) groups excluding carboxylic acids is 1. The van der Waals surface area contributed by atoms with Gasteiger partial charge in [-0.2, -0.15) is 0 Å². The van der Waals surface area contributed by atoms with Crippen LogP contribution in [0.25, 0.3) is 0 Å². The van der Waals surface area contributed by atoms with Gasteiger partial charge in [0.2, 0.25) is 5.91 Å². The van der Waals surface area contributed by atoms with E-state index in [2.05, 4.69) is 19.2 Å². The van der Waals surface area contributed by atoms with Crippen molar-refractivity contribution in [1.29, 1.82) is 0 Å². The van der Waals surface area contributed by atoms with Gasteiger partial charge in [-0.25, -0.2) is 0 Å². The molecule has 2 aliphatic heterocycles. The Morgan fingerprint density at radius 2 is 0.817 bits per heavy atom. The molecule has 2 fully saturated rings. The zero-order chi connectivity index (χ0) is 52.1. The number of amides is 1. The van der Waals surface area contributed by atoms with E-state index in [9.17, 15) is 55.9 Å². The summed E-state index contributed by atoms with van der Waals surface area (Å²) in [7, 11) is 0. The van der Waals surface area contributed by atoms with Crippen molar-refractivity contribution in [2.24, 2.45) is 0 Å². The molecule has 0 aromatic carbocycles. The predicted molar refractivity (Wildman–Crippen MR) is 275 cm³/mol. The lowest BCUT2D eigenvalue weighted by Gasteiger charge is -2.46. The molecule has 11 N–H and O–H groups in total. The fourth-order valence-electron chi connectivity index (χ4n) is 9.91. The maximum Gasteiger partial charge on any atom is 0.249 e. The summed E-state index contributed by atoms with van der Waals surface area (Å²) in [6.45, 7) is 2.43. The molecule has 1 amide bonds. The van der Waals surface area contributed by atoms with Crippen LogP contribution in [-0.2, 0) is 23.7 Å². The van der Waals surface area contributed by atoms with Crippen LogP contribution in [0, 0.1) is 0 Å². The third-order valence-corrected chi connectivity index (χ3v) is 14.8. The molecule has 0 aliphatic carbocycles. The van der Waals surface area contributed by atoms with E-state index in [0.29, 0.717) is 12.8 Å². The first-order chi connectivity index (χ1) is 34.4. The molecule has 0 bridgehead atoms. The molecule has 2 heterocycles. The first-order valence-electron chi connectivity index (χ1n) is 29.0. The van der Waals surface area contributed by atoms with Gasteiger partial charge in [0.1, 0.15) is 61.0 Å². The highest BCUT2D eigenvalue weighted by Crippen LogP contribution is 2.30. The molecule has 14 atom stereocenters. The summed E-state index contributed by atoms with van der Waals surface area (Å²) in [5.74, 6) is -0.772. The van der Waals surface area contributed by atoms with Gasteiger partial charge in [-0.3, -0.25) is 4.79 Å². The lowest BCUT2D eigenvalue weighted by Crippen LogP contribution is -2.65. The number of rotatable bonds is 46. The van der Waals surface area contributed by atoms with Crippen LogP contribution in [-0.4, -0.2) is 163 Å². The Labute approximate surface area is 429 Å². The van der Waals surface area contributed by atoms with Crippen LogP contribution in [0.2, 0.25) is 0 Å². The van der Waals surface area contributed by atoms with Gasteiger partial charge in [0.05, 0.1) is 32.0 Å². The molecule has 0 saturated carbocycles. The molecule has 16 nitrogen and oxygen atoms in total. The summed E-state index contributed by atoms with van der Waals surface area (Å²) in [6.07, 6.45) is 19.1. The highest BCUT2D eigenvalue weighted by atomic mass is 16.8. The van der Waals surface area contributed by atoms with E-state index in [1.165, 1.54) is 148 Å². The second kappa shape index (κ2) is 42.1. The number of nitrogens with one attached hydrogen (secondary N) is 1. The average molecular weight is 1020 g/mol. The molecule has 0 spiro atoms. The van der Waals surface area contributed by atoms with Gasteiger partial charge in [0.25, 0.3) is 0 Å². The van der Waals surface area contributed by atoms with Crippen LogP contribution >= 0.6 is 0 Å². The zero-order valence-electron chi connectivity index (χ0n) is 44.5. The monoisotopic (exact) mass is 1020 g/mol. The topological polar surface area (TPSA) is 268 Å². The van der Waals surface area contributed by atoms with Gasteiger partial charge in [0.15, 0.2) is 12.6 Å². The molecule has 71 heavy (non-hydrogen) atoms. The van der Waals surface area contributed by atoms with Gasteiger partial charge in [-0.1, -0.05) is 226 Å². The average Bonchev–Trinajstić information content (AvgIpc) is 3.37. The predicted octanol–water partition coefficient (Wildman–Crippen LogP) is 6.89. The van der Waals surface area contributed by atoms with E-state index in [1.807, 2.05) is 0 Å². The van der Waals surface area contributed by atoms with Crippen LogP contribution in [0.4, 0.5) is 0 Å². The summed E-state index contributed by atoms with van der Waals surface area (Å²) >= 11 is 0. The Morgan fingerprint density at radius 1 is 0.465 bits per heavy atom. The number of carbonyl (C=O) groups is 1. The maximum absolute atomic E-state index is 13.4. The molecular formula is C55H107NO15. The molecular weight excluding hydrogens is 915 g/mol. The molecule has 422 valence electrons. The third-order valence-electron chi connectivity index (χ3n) is 14.8. The van der Waals surface area contributed by atoms with Gasteiger partial charge in [-0.05, 0) is 12.8 Å². The van der Waals surface area contributed by atoms with E-state index in [-0.39, 0.29) is 12.8 Å². The van der Waals surface area contributed by atoms with Crippen molar-refractivity contribution in [2.75, 3.05) is 19.8 Å². The molecule has 0 aromatic rings. The van der Waals surface area contributed by atoms with Crippen molar-refractivity contribution in [3.63, 3.8) is 0 Å². The summed E-state index contributed by atoms with van der Waals surface area (Å²) in [6, 6.07) is -1.31. The SMILES string of the molecule is CCCCCCCCCCCCCCCCCCCC[C@@H](O)C(=O)N[C@@H](CO[C@H]1O[C@H](CO)[C@H](O)[C@H](O)[C@H]1OC1O[C@H](CO)[C@H](O)[C@H](O)[C@H]1O)[C@H](O)[C@H](O)CCCCCCCCCCCCCCCCC. The second-order valence-corrected chi connectivity index (χ2v) is 21.1. The highest BCUT2D eigenvalue weighted by Gasteiger charge is 2.51. The van der Waals surface area contributed by atoms with Crippen LogP contribution in [0.15, 0.2) is 0 Å². The van der Waals surface area contributed by atoms with Crippen molar-refractivity contribution in [3.8, 4) is 0 Å². The zero-order valence-corrected chi connectivity index (χ0v) is 44.5. The summed E-state index contributed by atoms with van der Waals surface area (Å²) < 4.78 is 22.9. The standard InChI is InChI=1S/C55H107NO15/c1-3-5-7-9-11-13-15-17-19-20-21-23-25-27-29-31-33-35-37-43(60)53(67)56-41(46(61)42(59)36-34-32-30-28-26-24-22-18-16-14-12-10-8-6-4-2)40-68-55-52(50(65)48(63)45(39-58)70-55)71-54-51(66)49(64)47(62)44(38-57)69-54/h41-52,54-55,57-66H,3-40H2,1-2H3,(H,56,67)/t41-,42+,43+,44+,45+,46-,47-,48-,49-,50-,51+,52+,54?,55-/m0/s1. The van der Waals surface area contributed by atoms with Crippen LogP contribution in [0.5, 0.6) is 0 Å². The Bertz CT molecular complexity index is 1240. The maximum atomic E-state index is 13.4. The number of hydrogen-bond acceptors (Lipinski definition) is 15. The van der Waals surface area contributed by atoms with Crippen molar-refractivity contribution in [2.45, 2.75) is 324 Å². The Morgan fingerprint density at radius 3 is 1.21 bits per heavy atom. The van der Waals surface area contributed by atoms with E-state index < -0.39 is 111 Å². The minimum atomic E-state index is -1.87. The van der Waals surface area contributed by atoms with Crippen LogP contribution in [0.1, 0.15) is 239 Å². The molecule has 2 rings (SSSR count). The van der Waals surface area contributed by atoms with Gasteiger partial charge in [0, 0.05) is 0 Å². The Kier molecular flexibility index (Phi) is 39.1. The van der Waals surface area contributed by atoms with E-state index in [4.69, 9.17) is 18.9 Å². The van der Waals surface area contributed by atoms with E-state index in [0.717, 1.165) is 51.4 Å². The van der Waals surface area contributed by atoms with Crippen molar-refractivity contribution in [3.05, 3.63) is 0 Å². The molecule has 0 radical (unpaired) electrons. The van der Waals surface area contributed by atoms with Crippen LogP contribution < -0.4 is 5.32 Å². The number of ether oxygens (including phenoxy) is 4. The second-order valence-electron chi connectivity index (χ2n) is 21.1. The minimum Gasteiger partial charge on any atom is -0.394 e. The first kappa shape index (κ1) is 66.0. The smallest absolute Gasteiger partial charge is 0.249 e. The fraction of sp³-hybridized carbons (Fsp3) is 0.982. The minimum absolute atomic E-state index is 0.193. The largest absolute Gasteiger partial charge is 0.394 e. The number of hydrogen-bond donors (Lipinski definition) is 11. The third kappa shape index (κ3) is 28.0. The van der Waals surface area contributed by atoms with Crippen molar-refractivity contribution < 1.29 is 74.8 Å². The van der Waals surface area contributed by atoms with Crippen molar-refractivity contribution >= 4 is 5.91 Å². The van der Waals surface area contributed by atoms with Gasteiger partial charge >= 0.3 is 0 Å². The Balaban J connectivity index is 1.90. The molecule has 0 aromatic heterocycles. The van der Waals surface area contributed by atoms with Crippen molar-refractivity contribution in [1.82, 2.24) is 5.32 Å². The van der Waals surface area contributed by atoms with E-state index >= 15 is 0 Å². The van der Waals surface area contributed by atoms with Crippen LogP contribution in [0.3, 0.4) is 0 Å². The van der Waals surface area contributed by atoms with Gasteiger partial charge < -0.3 is 75.3 Å². The molecule has 16 heteroatoms. The lowest BCUT2D eigenvalue weighted by molar-refractivity contribution is -0.368. The quantitative estimate of drug-likeness (QED) is 0.0277. The first-order valence-corrected chi connectivity index (χ1v) is 29.0. The highest BCUT2D eigenvalue weighted by molar-refractivity contribution is 5.80. The van der Waals surface area contributed by atoms with Gasteiger partial charge in [-0.15, -0.1) is 0 Å². The molecule has 2 aliphatic rings. The summed E-state index contributed by atoms with van der Waals surface area (Å²) in [5.41, 5.74) is 0. The molecule has 2 saturated heterocycles. The Hall–Kier alpha value is -1.09. The molecule has 1 unspecified atom stereocenters. The fourth-order valence-corrected chi connectivity index (χ4v) is 9.91. The summed E-state index contributed by atoms with van der Waals surface area (Å²) in [4.78, 5) is 13.4. The summed E-state index contributed by atoms with van der Waals surface area (Å²) in [5, 5.41) is 109. The number of unbranched alkanes of at least 4 members (excludes halogenated alkanes) is 31.